The molecule has 2 saturated heterocycles. The van der Waals surface area contributed by atoms with E-state index < -0.39 is 16.1 Å². The van der Waals surface area contributed by atoms with Gasteiger partial charge in [0.2, 0.25) is 5.91 Å². The van der Waals surface area contributed by atoms with Crippen LogP contribution in [-0.2, 0) is 25.0 Å². The number of hydrogen-bond acceptors (Lipinski definition) is 7. The summed E-state index contributed by atoms with van der Waals surface area (Å²) in [7, 11) is -4.07. The molecule has 0 aliphatic carbocycles. The minimum absolute atomic E-state index is 0.00412. The number of amides is 1. The lowest BCUT2D eigenvalue weighted by Gasteiger charge is -2.42. The van der Waals surface area contributed by atoms with Gasteiger partial charge in [-0.1, -0.05) is 41.9 Å². The van der Waals surface area contributed by atoms with Crippen LogP contribution in [0.1, 0.15) is 49.7 Å². The number of sulfonamides is 1. The van der Waals surface area contributed by atoms with Crippen LogP contribution in [0.5, 0.6) is 5.75 Å². The first kappa shape index (κ1) is 32.7. The number of aryl methyl sites for hydroxylation is 1. The molecule has 1 unspecified atom stereocenters. The largest absolute Gasteiger partial charge is 0.489 e. The summed E-state index contributed by atoms with van der Waals surface area (Å²) in [4.78, 5) is 22.3. The van der Waals surface area contributed by atoms with Crippen LogP contribution in [-0.4, -0.2) is 87.7 Å². The number of anilines is 1. The number of carbonyl (C=O) groups is 1. The fourth-order valence-electron chi connectivity index (χ4n) is 7.26. The molecular formula is C35H43ClN4O5S. The van der Waals surface area contributed by atoms with E-state index in [0.29, 0.717) is 30.1 Å². The third-order valence-corrected chi connectivity index (χ3v) is 12.3. The molecule has 46 heavy (non-hydrogen) atoms. The number of piperidine rings is 1. The number of ether oxygens (including phenoxy) is 2. The highest BCUT2D eigenvalue weighted by Crippen LogP contribution is 2.41. The van der Waals surface area contributed by atoms with Crippen molar-refractivity contribution in [1.29, 1.82) is 0 Å². The molecule has 0 radical (unpaired) electrons. The maximum absolute atomic E-state index is 14.1. The number of para-hydroxylation sites is 2. The van der Waals surface area contributed by atoms with Crippen LogP contribution in [0.3, 0.4) is 0 Å². The average Bonchev–Trinajstić information content (AvgIpc) is 3.58. The SMILES string of the molecule is Cc1cccc(Cl)c1S(=O)(=O)N1c2ccccc2OCC1COCC(=O)N1CCC(CCCN2CCCC2)(c2cccnc2)CC1. The minimum atomic E-state index is -4.07. The van der Waals surface area contributed by atoms with Crippen molar-refractivity contribution in [2.24, 2.45) is 0 Å². The van der Waals surface area contributed by atoms with Crippen molar-refractivity contribution in [2.45, 2.75) is 61.8 Å². The van der Waals surface area contributed by atoms with E-state index in [9.17, 15) is 13.2 Å². The second kappa shape index (κ2) is 14.3. The first-order valence-corrected chi connectivity index (χ1v) is 18.1. The molecule has 11 heteroatoms. The number of likely N-dealkylation sites (tertiary alicyclic amines) is 2. The number of fused-ring (bicyclic) bond motifs is 1. The summed E-state index contributed by atoms with van der Waals surface area (Å²) in [5.74, 6) is 0.374. The molecule has 3 aliphatic heterocycles. The van der Waals surface area contributed by atoms with Crippen LogP contribution < -0.4 is 9.04 Å². The lowest BCUT2D eigenvalue weighted by molar-refractivity contribution is -0.138. The van der Waals surface area contributed by atoms with Crippen LogP contribution in [0.4, 0.5) is 5.69 Å². The lowest BCUT2D eigenvalue weighted by Crippen LogP contribution is -2.50. The number of pyridine rings is 1. The van der Waals surface area contributed by atoms with Crippen molar-refractivity contribution >= 4 is 33.2 Å². The summed E-state index contributed by atoms with van der Waals surface area (Å²) >= 11 is 6.43. The Labute approximate surface area is 277 Å². The van der Waals surface area contributed by atoms with Crippen molar-refractivity contribution in [3.8, 4) is 5.75 Å². The Morgan fingerprint density at radius 3 is 2.57 bits per heavy atom. The Kier molecular flexibility index (Phi) is 10.2. The molecule has 246 valence electrons. The van der Waals surface area contributed by atoms with E-state index in [2.05, 4.69) is 16.0 Å². The fraction of sp³-hybridized carbons (Fsp3) is 0.486. The molecule has 1 atom stereocenters. The number of nitrogens with zero attached hydrogens (tertiary/aromatic N) is 4. The van der Waals surface area contributed by atoms with E-state index in [1.165, 1.54) is 35.8 Å². The van der Waals surface area contributed by atoms with Crippen molar-refractivity contribution < 1.29 is 22.7 Å². The van der Waals surface area contributed by atoms with Crippen molar-refractivity contribution in [1.82, 2.24) is 14.8 Å². The van der Waals surface area contributed by atoms with Crippen LogP contribution in [0.2, 0.25) is 5.02 Å². The standard InChI is InChI=1S/C35H43ClN4O5S/c1-27-9-6-11-30(36)34(27)46(42,43)40-29(25-45-32-13-3-2-12-31(32)40)24-44-26-33(41)39-21-15-35(16-22-39,28-10-7-17-37-23-28)14-8-20-38-18-4-5-19-38/h2-3,6-7,9-13,17,23,29H,4-5,8,14-16,18-22,24-26H2,1H3. The van der Waals surface area contributed by atoms with Gasteiger partial charge in [-0.2, -0.15) is 0 Å². The highest BCUT2D eigenvalue weighted by atomic mass is 35.5. The molecule has 0 spiro atoms. The van der Waals surface area contributed by atoms with E-state index in [0.717, 1.165) is 32.2 Å². The Morgan fingerprint density at radius 2 is 1.83 bits per heavy atom. The van der Waals surface area contributed by atoms with E-state index in [4.69, 9.17) is 21.1 Å². The molecule has 2 aromatic carbocycles. The van der Waals surface area contributed by atoms with Gasteiger partial charge >= 0.3 is 0 Å². The minimum Gasteiger partial charge on any atom is -0.489 e. The van der Waals surface area contributed by atoms with Crippen LogP contribution in [0.25, 0.3) is 0 Å². The van der Waals surface area contributed by atoms with Crippen LogP contribution in [0, 0.1) is 6.92 Å². The maximum atomic E-state index is 14.1. The van der Waals surface area contributed by atoms with E-state index >= 15 is 0 Å². The van der Waals surface area contributed by atoms with Gasteiger partial charge in [-0.3, -0.25) is 14.1 Å². The first-order chi connectivity index (χ1) is 22.3. The zero-order valence-corrected chi connectivity index (χ0v) is 28.0. The summed E-state index contributed by atoms with van der Waals surface area (Å²) < 4.78 is 41.5. The Bertz CT molecular complexity index is 1590. The molecule has 4 heterocycles. The van der Waals surface area contributed by atoms with Crippen molar-refractivity contribution in [3.63, 3.8) is 0 Å². The summed E-state index contributed by atoms with van der Waals surface area (Å²) in [6.45, 7) is 6.48. The summed E-state index contributed by atoms with van der Waals surface area (Å²) in [5.41, 5.74) is 2.23. The lowest BCUT2D eigenvalue weighted by atomic mass is 9.70. The normalized spacial score (nSPS) is 19.9. The number of hydrogen-bond donors (Lipinski definition) is 0. The quantitative estimate of drug-likeness (QED) is 0.269. The van der Waals surface area contributed by atoms with Gasteiger partial charge < -0.3 is 19.3 Å². The average molecular weight is 667 g/mol. The van der Waals surface area contributed by atoms with E-state index in [1.54, 1.807) is 49.4 Å². The first-order valence-electron chi connectivity index (χ1n) is 16.3. The highest BCUT2D eigenvalue weighted by molar-refractivity contribution is 7.93. The number of aromatic nitrogens is 1. The Hall–Kier alpha value is -3.18. The molecule has 9 nitrogen and oxygen atoms in total. The van der Waals surface area contributed by atoms with Crippen molar-refractivity contribution in [3.05, 3.63) is 83.1 Å². The molecule has 0 bridgehead atoms. The van der Waals surface area contributed by atoms with Gasteiger partial charge in [0.15, 0.2) is 0 Å². The van der Waals surface area contributed by atoms with Gasteiger partial charge in [0.25, 0.3) is 10.0 Å². The topological polar surface area (TPSA) is 92.3 Å². The second-order valence-corrected chi connectivity index (χ2v) is 14.8. The predicted molar refractivity (Wildman–Crippen MR) is 179 cm³/mol. The summed E-state index contributed by atoms with van der Waals surface area (Å²) in [6, 6.07) is 15.6. The van der Waals surface area contributed by atoms with Crippen molar-refractivity contribution in [2.75, 3.05) is 56.8 Å². The molecule has 0 N–H and O–H groups in total. The third-order valence-electron chi connectivity index (χ3n) is 9.76. The third kappa shape index (κ3) is 6.90. The van der Waals surface area contributed by atoms with Gasteiger partial charge in [0.05, 0.1) is 17.3 Å². The summed E-state index contributed by atoms with van der Waals surface area (Å²) in [6.07, 6.45) is 10.4. The number of rotatable bonds is 11. The number of carbonyl (C=O) groups excluding carboxylic acids is 1. The zero-order valence-electron chi connectivity index (χ0n) is 26.4. The Morgan fingerprint density at radius 1 is 1.04 bits per heavy atom. The Balaban J connectivity index is 1.10. The van der Waals surface area contributed by atoms with E-state index in [-0.39, 0.29) is 41.1 Å². The highest BCUT2D eigenvalue weighted by Gasteiger charge is 2.40. The van der Waals surface area contributed by atoms with Crippen LogP contribution >= 0.6 is 11.6 Å². The second-order valence-electron chi connectivity index (χ2n) is 12.7. The fourth-order valence-corrected chi connectivity index (χ4v) is 9.68. The zero-order chi connectivity index (χ0) is 32.1. The van der Waals surface area contributed by atoms with Gasteiger partial charge in [-0.15, -0.1) is 0 Å². The molecule has 1 aromatic heterocycles. The van der Waals surface area contributed by atoms with Crippen LogP contribution in [0.15, 0.2) is 71.9 Å². The molecule has 2 fully saturated rings. The number of halogens is 1. The molecule has 1 amide bonds. The maximum Gasteiger partial charge on any atom is 0.266 e. The number of benzene rings is 2. The van der Waals surface area contributed by atoms with Gasteiger partial charge in [0, 0.05) is 30.9 Å². The molecular weight excluding hydrogens is 624 g/mol. The smallest absolute Gasteiger partial charge is 0.266 e. The molecule has 0 saturated carbocycles. The molecule has 3 aromatic rings. The molecule has 6 rings (SSSR count). The van der Waals surface area contributed by atoms with Gasteiger partial charge in [-0.25, -0.2) is 8.42 Å². The summed E-state index contributed by atoms with van der Waals surface area (Å²) in [5, 5.41) is 0.155. The van der Waals surface area contributed by atoms with Gasteiger partial charge in [-0.05, 0) is 100 Å². The monoisotopic (exact) mass is 666 g/mol. The predicted octanol–water partition coefficient (Wildman–Crippen LogP) is 5.45. The van der Waals surface area contributed by atoms with Gasteiger partial charge in [0.1, 0.15) is 29.9 Å². The van der Waals surface area contributed by atoms with E-state index in [1.807, 2.05) is 23.4 Å². The molecule has 3 aliphatic rings.